The lowest BCUT2D eigenvalue weighted by Gasteiger charge is -2.39. The predicted octanol–water partition coefficient (Wildman–Crippen LogP) is 3.56. The molecule has 0 aromatic heterocycles. The molecule has 0 amide bonds. The third kappa shape index (κ3) is 1.22. The van der Waals surface area contributed by atoms with Gasteiger partial charge in [-0.2, -0.15) is 0 Å². The topological polar surface area (TPSA) is 12.0 Å². The first-order valence-corrected chi connectivity index (χ1v) is 6.16. The van der Waals surface area contributed by atoms with E-state index in [4.69, 9.17) is 0 Å². The van der Waals surface area contributed by atoms with E-state index in [0.717, 1.165) is 12.5 Å². The molecule has 1 heteroatoms. The van der Waals surface area contributed by atoms with E-state index in [9.17, 15) is 0 Å². The first kappa shape index (κ1) is 9.26. The summed E-state index contributed by atoms with van der Waals surface area (Å²) in [6, 6.07) is 8.88. The fourth-order valence-electron chi connectivity index (χ4n) is 3.50. The van der Waals surface area contributed by atoms with Crippen LogP contribution < -0.4 is 5.32 Å². The molecule has 1 aliphatic carbocycles. The Balaban J connectivity index is 2.07. The van der Waals surface area contributed by atoms with Crippen molar-refractivity contribution < 1.29 is 0 Å². The van der Waals surface area contributed by atoms with Crippen LogP contribution in [-0.2, 0) is 5.41 Å². The summed E-state index contributed by atoms with van der Waals surface area (Å²) < 4.78 is 0. The quantitative estimate of drug-likeness (QED) is 0.676. The third-order valence-electron chi connectivity index (χ3n) is 4.51. The molecule has 1 aliphatic heterocycles. The molecular weight excluding hydrogens is 182 g/mol. The molecule has 1 aromatic carbocycles. The van der Waals surface area contributed by atoms with Gasteiger partial charge in [-0.1, -0.05) is 38.0 Å². The minimum Gasteiger partial charge on any atom is -0.384 e. The van der Waals surface area contributed by atoms with Crippen molar-refractivity contribution in [3.63, 3.8) is 0 Å². The monoisotopic (exact) mass is 201 g/mol. The summed E-state index contributed by atoms with van der Waals surface area (Å²) in [6.07, 6.45) is 5.60. The molecule has 0 saturated heterocycles. The second-order valence-corrected chi connectivity index (χ2v) is 5.20. The Hall–Kier alpha value is -0.980. The number of para-hydroxylation sites is 1. The van der Waals surface area contributed by atoms with Crippen molar-refractivity contribution in [1.82, 2.24) is 0 Å². The molecule has 0 radical (unpaired) electrons. The zero-order chi connectivity index (χ0) is 10.3. The van der Waals surface area contributed by atoms with Crippen LogP contribution in [0.15, 0.2) is 24.3 Å². The normalized spacial score (nSPS) is 33.8. The van der Waals surface area contributed by atoms with Crippen LogP contribution in [0.1, 0.15) is 38.2 Å². The van der Waals surface area contributed by atoms with E-state index >= 15 is 0 Å². The average molecular weight is 201 g/mol. The Labute approximate surface area is 91.9 Å². The van der Waals surface area contributed by atoms with E-state index in [1.54, 1.807) is 5.56 Å². The standard InChI is InChI=1S/C14H19N/c1-11-6-4-5-9-14(11)10-15-13-8-3-2-7-12(13)14/h2-3,7-8,11,15H,4-6,9-10H2,1H3. The number of hydrogen-bond acceptors (Lipinski definition) is 1. The van der Waals surface area contributed by atoms with Gasteiger partial charge in [0.2, 0.25) is 0 Å². The van der Waals surface area contributed by atoms with Gasteiger partial charge in [-0.15, -0.1) is 0 Å². The highest BCUT2D eigenvalue weighted by molar-refractivity contribution is 5.60. The smallest absolute Gasteiger partial charge is 0.0379 e. The summed E-state index contributed by atoms with van der Waals surface area (Å²) in [5, 5.41) is 3.59. The van der Waals surface area contributed by atoms with Crippen molar-refractivity contribution >= 4 is 5.69 Å². The van der Waals surface area contributed by atoms with Gasteiger partial charge in [-0.05, 0) is 30.4 Å². The van der Waals surface area contributed by atoms with Crippen molar-refractivity contribution in [2.75, 3.05) is 11.9 Å². The van der Waals surface area contributed by atoms with Gasteiger partial charge >= 0.3 is 0 Å². The van der Waals surface area contributed by atoms with Crippen LogP contribution in [0.2, 0.25) is 0 Å². The van der Waals surface area contributed by atoms with Crippen LogP contribution in [0.4, 0.5) is 5.69 Å². The Morgan fingerprint density at radius 3 is 3.00 bits per heavy atom. The van der Waals surface area contributed by atoms with Crippen LogP contribution in [0.3, 0.4) is 0 Å². The lowest BCUT2D eigenvalue weighted by molar-refractivity contribution is 0.221. The second kappa shape index (κ2) is 3.26. The Kier molecular flexibility index (Phi) is 2.01. The Bertz CT molecular complexity index is 367. The molecule has 1 N–H and O–H groups in total. The largest absolute Gasteiger partial charge is 0.384 e. The van der Waals surface area contributed by atoms with Gasteiger partial charge in [0.25, 0.3) is 0 Å². The van der Waals surface area contributed by atoms with E-state index in [1.807, 2.05) is 0 Å². The third-order valence-corrected chi connectivity index (χ3v) is 4.51. The van der Waals surface area contributed by atoms with Crippen molar-refractivity contribution in [3.8, 4) is 0 Å². The molecule has 1 fully saturated rings. The SMILES string of the molecule is CC1CCCCC12CNc1ccccc12. The van der Waals surface area contributed by atoms with Gasteiger partial charge in [-0.25, -0.2) is 0 Å². The van der Waals surface area contributed by atoms with Crippen molar-refractivity contribution in [1.29, 1.82) is 0 Å². The number of nitrogens with one attached hydrogen (secondary N) is 1. The van der Waals surface area contributed by atoms with Gasteiger partial charge < -0.3 is 5.32 Å². The maximum atomic E-state index is 3.59. The van der Waals surface area contributed by atoms with Crippen molar-refractivity contribution in [2.45, 2.75) is 38.0 Å². The van der Waals surface area contributed by atoms with E-state index in [2.05, 4.69) is 36.5 Å². The van der Waals surface area contributed by atoms with Gasteiger partial charge in [0.1, 0.15) is 0 Å². The number of rotatable bonds is 0. The van der Waals surface area contributed by atoms with Gasteiger partial charge in [-0.3, -0.25) is 0 Å². The molecule has 0 bridgehead atoms. The van der Waals surface area contributed by atoms with Crippen molar-refractivity contribution in [2.24, 2.45) is 5.92 Å². The lowest BCUT2D eigenvalue weighted by atomic mass is 9.64. The van der Waals surface area contributed by atoms with Gasteiger partial charge in [0.05, 0.1) is 0 Å². The molecule has 1 aromatic rings. The summed E-state index contributed by atoms with van der Waals surface area (Å²) >= 11 is 0. The molecule has 2 aliphatic rings. The second-order valence-electron chi connectivity index (χ2n) is 5.20. The summed E-state index contributed by atoms with van der Waals surface area (Å²) in [6.45, 7) is 3.59. The maximum Gasteiger partial charge on any atom is 0.0379 e. The van der Waals surface area contributed by atoms with Crippen LogP contribution in [0, 0.1) is 5.92 Å². The minimum atomic E-state index is 0.453. The first-order chi connectivity index (χ1) is 7.33. The highest BCUT2D eigenvalue weighted by Gasteiger charge is 2.43. The number of hydrogen-bond donors (Lipinski definition) is 1. The fraction of sp³-hybridized carbons (Fsp3) is 0.571. The van der Waals surface area contributed by atoms with Gasteiger partial charge in [0, 0.05) is 17.6 Å². The zero-order valence-corrected chi connectivity index (χ0v) is 9.42. The molecule has 1 nitrogen and oxygen atoms in total. The van der Waals surface area contributed by atoms with E-state index in [1.165, 1.54) is 31.4 Å². The lowest BCUT2D eigenvalue weighted by Crippen LogP contribution is -2.38. The van der Waals surface area contributed by atoms with Crippen LogP contribution in [0.25, 0.3) is 0 Å². The summed E-state index contributed by atoms with van der Waals surface area (Å²) in [4.78, 5) is 0. The molecule has 2 atom stereocenters. The summed E-state index contributed by atoms with van der Waals surface area (Å²) in [5.41, 5.74) is 3.41. The van der Waals surface area contributed by atoms with E-state index in [-0.39, 0.29) is 0 Å². The maximum absolute atomic E-state index is 3.59. The molecule has 3 rings (SSSR count). The van der Waals surface area contributed by atoms with Crippen molar-refractivity contribution in [3.05, 3.63) is 29.8 Å². The van der Waals surface area contributed by atoms with Crippen LogP contribution >= 0.6 is 0 Å². The molecular formula is C14H19N. The Morgan fingerprint density at radius 2 is 2.13 bits per heavy atom. The van der Waals surface area contributed by atoms with E-state index < -0.39 is 0 Å². The fourth-order valence-corrected chi connectivity index (χ4v) is 3.50. The number of anilines is 1. The number of benzene rings is 1. The predicted molar refractivity (Wildman–Crippen MR) is 64.2 cm³/mol. The highest BCUT2D eigenvalue weighted by Crippen LogP contribution is 2.49. The van der Waals surface area contributed by atoms with Crippen LogP contribution in [-0.4, -0.2) is 6.54 Å². The number of fused-ring (bicyclic) bond motifs is 2. The summed E-state index contributed by atoms with van der Waals surface area (Å²) in [5.74, 6) is 0.836. The molecule has 80 valence electrons. The molecule has 1 saturated carbocycles. The summed E-state index contributed by atoms with van der Waals surface area (Å²) in [7, 11) is 0. The van der Waals surface area contributed by atoms with E-state index in [0.29, 0.717) is 5.41 Å². The average Bonchev–Trinajstić information content (AvgIpc) is 2.64. The Morgan fingerprint density at radius 1 is 1.27 bits per heavy atom. The zero-order valence-electron chi connectivity index (χ0n) is 9.42. The molecule has 1 spiro atoms. The van der Waals surface area contributed by atoms with Gasteiger partial charge in [0.15, 0.2) is 0 Å². The highest BCUT2D eigenvalue weighted by atomic mass is 14.9. The minimum absolute atomic E-state index is 0.453. The molecule has 2 unspecified atom stereocenters. The first-order valence-electron chi connectivity index (χ1n) is 6.16. The van der Waals surface area contributed by atoms with Crippen LogP contribution in [0.5, 0.6) is 0 Å². The molecule has 15 heavy (non-hydrogen) atoms. The molecule has 1 heterocycles.